The van der Waals surface area contributed by atoms with Gasteiger partial charge in [0, 0.05) is 19.1 Å². The minimum atomic E-state index is -3.36. The van der Waals surface area contributed by atoms with Gasteiger partial charge in [-0.3, -0.25) is 0 Å². The molecule has 0 amide bonds. The van der Waals surface area contributed by atoms with E-state index in [1.54, 1.807) is 0 Å². The minimum absolute atomic E-state index is 0. The van der Waals surface area contributed by atoms with Crippen molar-refractivity contribution >= 4 is 51.7 Å². The molecule has 0 saturated heterocycles. The Hall–Kier alpha value is -0.520. The van der Waals surface area contributed by atoms with E-state index >= 15 is 0 Å². The highest BCUT2D eigenvalue weighted by Crippen LogP contribution is 2.13. The van der Waals surface area contributed by atoms with E-state index in [-0.39, 0.29) is 35.8 Å². The summed E-state index contributed by atoms with van der Waals surface area (Å²) >= 11 is 1.86. The highest BCUT2D eigenvalue weighted by molar-refractivity contribution is 14.0. The van der Waals surface area contributed by atoms with Crippen molar-refractivity contribution in [1.82, 2.24) is 15.4 Å². The number of thioether (sulfide) groups is 1. The van der Waals surface area contributed by atoms with Gasteiger partial charge in [-0.15, -0.1) is 24.0 Å². The lowest BCUT2D eigenvalue weighted by molar-refractivity contribution is 0.569. The molecular weight excluding hydrogens is 507 g/mol. The molecule has 0 aliphatic carbocycles. The summed E-state index contributed by atoms with van der Waals surface area (Å²) in [5, 5.41) is 6.58. The van der Waals surface area contributed by atoms with Crippen LogP contribution in [0.1, 0.15) is 44.7 Å². The second-order valence-electron chi connectivity index (χ2n) is 6.62. The van der Waals surface area contributed by atoms with Gasteiger partial charge in [0.15, 0.2) is 5.96 Å². The Bertz CT molecular complexity index is 682. The Morgan fingerprint density at radius 1 is 1.14 bits per heavy atom. The number of hydrogen-bond donors (Lipinski definition) is 3. The van der Waals surface area contributed by atoms with Crippen LogP contribution in [0.5, 0.6) is 0 Å². The Morgan fingerprint density at radius 3 is 2.43 bits per heavy atom. The van der Waals surface area contributed by atoms with E-state index in [4.69, 9.17) is 0 Å². The molecule has 0 atom stereocenters. The van der Waals surface area contributed by atoms with E-state index in [9.17, 15) is 8.42 Å². The Balaban J connectivity index is 0.00000729. The quantitative estimate of drug-likeness (QED) is 0.163. The first-order valence-electron chi connectivity index (χ1n) is 9.45. The first-order valence-corrected chi connectivity index (χ1v) is 12.5. The van der Waals surface area contributed by atoms with E-state index in [0.717, 1.165) is 36.6 Å². The number of sulfonamides is 1. The van der Waals surface area contributed by atoms with Crippen LogP contribution in [0.25, 0.3) is 0 Å². The molecule has 0 heterocycles. The molecule has 0 unspecified atom stereocenters. The van der Waals surface area contributed by atoms with Crippen LogP contribution in [0.3, 0.4) is 0 Å². The highest BCUT2D eigenvalue weighted by Gasteiger charge is 2.15. The average molecular weight is 543 g/mol. The molecule has 0 aromatic heterocycles. The standard InChI is InChI=1S/C19H34N4O2S2.HI/c1-5-20-19(21-12-8-9-13-26-4)22-14-17-10-6-7-11-18(17)15-27(24,25)23-16(2)3;/h6-7,10-11,16,23H,5,8-9,12-15H2,1-4H3,(H2,20,21,22);1H. The molecular formula is C19H35IN4O2S2. The average Bonchev–Trinajstić information content (AvgIpc) is 2.59. The maximum absolute atomic E-state index is 12.3. The molecule has 0 aliphatic heterocycles. The van der Waals surface area contributed by atoms with Crippen LogP contribution in [-0.2, 0) is 22.3 Å². The first-order chi connectivity index (χ1) is 12.9. The highest BCUT2D eigenvalue weighted by atomic mass is 127. The monoisotopic (exact) mass is 542 g/mol. The molecule has 1 aromatic rings. The van der Waals surface area contributed by atoms with Crippen LogP contribution >= 0.6 is 35.7 Å². The van der Waals surface area contributed by atoms with Crippen molar-refractivity contribution in [3.63, 3.8) is 0 Å². The van der Waals surface area contributed by atoms with E-state index in [1.807, 2.05) is 56.8 Å². The van der Waals surface area contributed by atoms with Gasteiger partial charge < -0.3 is 10.6 Å². The minimum Gasteiger partial charge on any atom is -0.357 e. The molecule has 3 N–H and O–H groups in total. The number of guanidine groups is 1. The first kappa shape index (κ1) is 27.5. The second kappa shape index (κ2) is 15.3. The molecule has 0 bridgehead atoms. The normalized spacial score (nSPS) is 12.0. The summed E-state index contributed by atoms with van der Waals surface area (Å²) in [6.07, 6.45) is 4.39. The van der Waals surface area contributed by atoms with Gasteiger partial charge in [-0.1, -0.05) is 24.3 Å². The maximum atomic E-state index is 12.3. The van der Waals surface area contributed by atoms with Crippen molar-refractivity contribution in [1.29, 1.82) is 0 Å². The van der Waals surface area contributed by atoms with Gasteiger partial charge in [0.2, 0.25) is 10.0 Å². The molecule has 6 nitrogen and oxygen atoms in total. The molecule has 1 aromatic carbocycles. The van der Waals surface area contributed by atoms with Crippen LogP contribution in [0.15, 0.2) is 29.3 Å². The molecule has 9 heteroatoms. The van der Waals surface area contributed by atoms with Gasteiger partial charge in [-0.05, 0) is 56.7 Å². The second-order valence-corrected chi connectivity index (χ2v) is 9.36. The van der Waals surface area contributed by atoms with Crippen LogP contribution in [-0.4, -0.2) is 45.5 Å². The summed E-state index contributed by atoms with van der Waals surface area (Å²) < 4.78 is 27.1. The molecule has 0 saturated carbocycles. The number of rotatable bonds is 12. The Kier molecular flexibility index (Phi) is 15.1. The van der Waals surface area contributed by atoms with Crippen LogP contribution in [0, 0.1) is 0 Å². The smallest absolute Gasteiger partial charge is 0.216 e. The van der Waals surface area contributed by atoms with Crippen LogP contribution in [0.4, 0.5) is 0 Å². The van der Waals surface area contributed by atoms with Gasteiger partial charge >= 0.3 is 0 Å². The van der Waals surface area contributed by atoms with E-state index in [2.05, 4.69) is 26.6 Å². The largest absolute Gasteiger partial charge is 0.357 e. The van der Waals surface area contributed by atoms with Crippen molar-refractivity contribution < 1.29 is 8.42 Å². The lowest BCUT2D eigenvalue weighted by Crippen LogP contribution is -2.37. The predicted molar refractivity (Wildman–Crippen MR) is 133 cm³/mol. The van der Waals surface area contributed by atoms with Crippen LogP contribution in [0.2, 0.25) is 0 Å². The number of nitrogens with one attached hydrogen (secondary N) is 3. The number of halogens is 1. The zero-order chi connectivity index (χ0) is 20.1. The Labute approximate surface area is 192 Å². The fourth-order valence-corrected chi connectivity index (χ4v) is 4.53. The third-order valence-corrected chi connectivity index (χ3v) is 5.92. The molecule has 0 aliphatic rings. The van der Waals surface area contributed by atoms with E-state index in [0.29, 0.717) is 6.54 Å². The van der Waals surface area contributed by atoms with Gasteiger partial charge in [-0.2, -0.15) is 11.8 Å². The number of hydrogen-bond acceptors (Lipinski definition) is 4. The molecule has 162 valence electrons. The lowest BCUT2D eigenvalue weighted by atomic mass is 10.1. The maximum Gasteiger partial charge on any atom is 0.216 e. The summed E-state index contributed by atoms with van der Waals surface area (Å²) in [4.78, 5) is 4.63. The van der Waals surface area contributed by atoms with Crippen molar-refractivity contribution in [2.45, 2.75) is 52.0 Å². The fraction of sp³-hybridized carbons (Fsp3) is 0.632. The third kappa shape index (κ3) is 12.1. The van der Waals surface area contributed by atoms with Gasteiger partial charge in [0.25, 0.3) is 0 Å². The molecule has 1 rings (SSSR count). The lowest BCUT2D eigenvalue weighted by Gasteiger charge is -2.13. The van der Waals surface area contributed by atoms with E-state index < -0.39 is 10.0 Å². The van der Waals surface area contributed by atoms with Crippen molar-refractivity contribution in [3.8, 4) is 0 Å². The summed E-state index contributed by atoms with van der Waals surface area (Å²) in [6.45, 7) is 7.77. The van der Waals surface area contributed by atoms with Gasteiger partial charge in [0.1, 0.15) is 0 Å². The topological polar surface area (TPSA) is 82.6 Å². The Morgan fingerprint density at radius 2 is 1.82 bits per heavy atom. The SMILES string of the molecule is CCNC(=NCc1ccccc1CS(=O)(=O)NC(C)C)NCCCCSC.I. The number of aliphatic imine (C=N–C) groups is 1. The summed E-state index contributed by atoms with van der Waals surface area (Å²) in [5.74, 6) is 1.90. The zero-order valence-corrected chi connectivity index (χ0v) is 21.3. The van der Waals surface area contributed by atoms with Crippen molar-refractivity contribution in [3.05, 3.63) is 35.4 Å². The van der Waals surface area contributed by atoms with Gasteiger partial charge in [-0.25, -0.2) is 18.1 Å². The summed E-state index contributed by atoms with van der Waals surface area (Å²) in [7, 11) is -3.36. The zero-order valence-electron chi connectivity index (χ0n) is 17.3. The summed E-state index contributed by atoms with van der Waals surface area (Å²) in [6, 6.07) is 7.46. The molecule has 0 fully saturated rings. The van der Waals surface area contributed by atoms with Gasteiger partial charge in [0.05, 0.1) is 12.3 Å². The number of nitrogens with zero attached hydrogens (tertiary/aromatic N) is 1. The molecule has 28 heavy (non-hydrogen) atoms. The molecule has 0 spiro atoms. The number of unbranched alkanes of at least 4 members (excludes halogenated alkanes) is 1. The molecule has 0 radical (unpaired) electrons. The van der Waals surface area contributed by atoms with Crippen LogP contribution < -0.4 is 15.4 Å². The van der Waals surface area contributed by atoms with E-state index in [1.165, 1.54) is 12.2 Å². The van der Waals surface area contributed by atoms with Crippen molar-refractivity contribution in [2.75, 3.05) is 25.1 Å². The number of benzene rings is 1. The summed E-state index contributed by atoms with van der Waals surface area (Å²) in [5.41, 5.74) is 1.71. The third-order valence-electron chi connectivity index (χ3n) is 3.70. The predicted octanol–water partition coefficient (Wildman–Crippen LogP) is 3.33. The van der Waals surface area contributed by atoms with Crippen molar-refractivity contribution in [2.24, 2.45) is 4.99 Å². The fourth-order valence-electron chi connectivity index (χ4n) is 2.54.